The van der Waals surface area contributed by atoms with Gasteiger partial charge in [0.1, 0.15) is 5.70 Å². The van der Waals surface area contributed by atoms with Gasteiger partial charge in [0.25, 0.3) is 0 Å². The Labute approximate surface area is 194 Å². The van der Waals surface area contributed by atoms with Gasteiger partial charge in [0, 0.05) is 18.1 Å². The van der Waals surface area contributed by atoms with Crippen LogP contribution in [0, 0.1) is 11.8 Å². The summed E-state index contributed by atoms with van der Waals surface area (Å²) in [6.45, 7) is 0.720. The number of allylic oxidation sites excluding steroid dienone is 1. The number of hydrogen-bond acceptors (Lipinski definition) is 4. The average molecular weight is 442 g/mol. The quantitative estimate of drug-likeness (QED) is 0.512. The predicted octanol–water partition coefficient (Wildman–Crippen LogP) is 4.24. The van der Waals surface area contributed by atoms with Crippen LogP contribution in [-0.4, -0.2) is 34.2 Å². The number of nitrogens with one attached hydrogen (secondary N) is 2. The summed E-state index contributed by atoms with van der Waals surface area (Å²) in [5, 5.41) is 3.34. The van der Waals surface area contributed by atoms with E-state index in [1.165, 1.54) is 5.56 Å². The highest BCUT2D eigenvalue weighted by Crippen LogP contribution is 2.29. The van der Waals surface area contributed by atoms with Crippen LogP contribution in [0.15, 0.2) is 65.7 Å². The molecule has 6 heteroatoms. The van der Waals surface area contributed by atoms with Crippen molar-refractivity contribution in [3.8, 4) is 0 Å². The van der Waals surface area contributed by atoms with E-state index in [9.17, 15) is 4.79 Å². The van der Waals surface area contributed by atoms with Crippen LogP contribution < -0.4 is 11.1 Å². The van der Waals surface area contributed by atoms with E-state index in [0.29, 0.717) is 12.3 Å². The molecule has 1 aliphatic heterocycles. The number of amides is 1. The molecule has 0 unspecified atom stereocenters. The molecule has 170 valence electrons. The number of fused-ring (bicyclic) bond motifs is 1. The van der Waals surface area contributed by atoms with Gasteiger partial charge in [-0.1, -0.05) is 42.5 Å². The van der Waals surface area contributed by atoms with E-state index in [-0.39, 0.29) is 17.9 Å². The number of aromatic amines is 1. The van der Waals surface area contributed by atoms with Crippen molar-refractivity contribution in [3.05, 3.63) is 72.1 Å². The van der Waals surface area contributed by atoms with Crippen LogP contribution in [-0.2, 0) is 11.2 Å². The van der Waals surface area contributed by atoms with Crippen molar-refractivity contribution in [3.63, 3.8) is 0 Å². The molecule has 6 nitrogen and oxygen atoms in total. The van der Waals surface area contributed by atoms with Gasteiger partial charge in [-0.2, -0.15) is 0 Å². The summed E-state index contributed by atoms with van der Waals surface area (Å²) in [5.41, 5.74) is 10.8. The largest absolute Gasteiger partial charge is 0.347 e. The lowest BCUT2D eigenvalue weighted by Crippen LogP contribution is -2.45. The molecule has 1 amide bonds. The van der Waals surface area contributed by atoms with Gasteiger partial charge < -0.3 is 16.0 Å². The first-order valence-corrected chi connectivity index (χ1v) is 12.0. The van der Waals surface area contributed by atoms with Gasteiger partial charge in [0.15, 0.2) is 5.82 Å². The lowest BCUT2D eigenvalue weighted by atomic mass is 9.81. The molecule has 1 aromatic heterocycles. The summed E-state index contributed by atoms with van der Waals surface area (Å²) >= 11 is 0. The van der Waals surface area contributed by atoms with E-state index in [2.05, 4.69) is 28.5 Å². The van der Waals surface area contributed by atoms with E-state index in [1.54, 1.807) is 0 Å². The van der Waals surface area contributed by atoms with Crippen molar-refractivity contribution in [1.82, 2.24) is 15.3 Å². The summed E-state index contributed by atoms with van der Waals surface area (Å²) in [7, 11) is 0. The molecule has 4 N–H and O–H groups in total. The molecular weight excluding hydrogens is 410 g/mol. The van der Waals surface area contributed by atoms with Crippen LogP contribution >= 0.6 is 0 Å². The van der Waals surface area contributed by atoms with E-state index in [1.807, 2.05) is 42.5 Å². The number of H-pyrrole nitrogens is 1. The number of nitrogens with zero attached hydrogens (tertiary/aromatic N) is 2. The zero-order chi connectivity index (χ0) is 22.6. The number of aromatic nitrogens is 2. The van der Waals surface area contributed by atoms with Crippen LogP contribution in [0.3, 0.4) is 0 Å². The lowest BCUT2D eigenvalue weighted by molar-refractivity contribution is -0.126. The van der Waals surface area contributed by atoms with Crippen molar-refractivity contribution >= 4 is 28.3 Å². The van der Waals surface area contributed by atoms with Gasteiger partial charge in [0.2, 0.25) is 5.91 Å². The van der Waals surface area contributed by atoms with Gasteiger partial charge in [-0.15, -0.1) is 0 Å². The molecule has 5 rings (SSSR count). The zero-order valence-corrected chi connectivity index (χ0v) is 18.8. The second kappa shape index (κ2) is 9.71. The van der Waals surface area contributed by atoms with E-state index in [0.717, 1.165) is 66.9 Å². The number of para-hydroxylation sites is 2. The van der Waals surface area contributed by atoms with E-state index in [4.69, 9.17) is 15.7 Å². The van der Waals surface area contributed by atoms with Crippen LogP contribution in [0.4, 0.5) is 0 Å². The van der Waals surface area contributed by atoms with Crippen molar-refractivity contribution in [2.24, 2.45) is 22.6 Å². The molecule has 1 aliphatic carbocycles. The monoisotopic (exact) mass is 441 g/mol. The fourth-order valence-electron chi connectivity index (χ4n) is 4.94. The first-order chi connectivity index (χ1) is 16.2. The Hall–Kier alpha value is -3.25. The average Bonchev–Trinajstić information content (AvgIpc) is 3.52. The fraction of sp³-hybridized carbons (Fsp3) is 0.370. The molecule has 2 aliphatic rings. The molecule has 1 atom stereocenters. The Morgan fingerprint density at radius 2 is 1.82 bits per heavy atom. The first-order valence-electron chi connectivity index (χ1n) is 12.0. The Kier molecular flexibility index (Phi) is 6.35. The van der Waals surface area contributed by atoms with Crippen LogP contribution in [0.1, 0.15) is 43.5 Å². The molecule has 33 heavy (non-hydrogen) atoms. The van der Waals surface area contributed by atoms with Gasteiger partial charge >= 0.3 is 0 Å². The number of carbonyl (C=O) groups excluding carboxylic acids is 1. The number of nitrogens with two attached hydrogens (primary N) is 1. The van der Waals surface area contributed by atoms with E-state index >= 15 is 0 Å². The van der Waals surface area contributed by atoms with E-state index < -0.39 is 0 Å². The van der Waals surface area contributed by atoms with Crippen LogP contribution in [0.2, 0.25) is 0 Å². The molecule has 1 fully saturated rings. The molecule has 1 saturated carbocycles. The smallest absolute Gasteiger partial charge is 0.223 e. The normalized spacial score (nSPS) is 21.5. The number of imidazole rings is 1. The number of benzene rings is 2. The third kappa shape index (κ3) is 4.91. The third-order valence-electron chi connectivity index (χ3n) is 6.95. The summed E-state index contributed by atoms with van der Waals surface area (Å²) in [6.07, 6.45) is 7.45. The molecule has 0 spiro atoms. The van der Waals surface area contributed by atoms with Gasteiger partial charge in [-0.05, 0) is 68.3 Å². The lowest BCUT2D eigenvalue weighted by Gasteiger charge is -2.29. The maximum absolute atomic E-state index is 13.2. The maximum atomic E-state index is 13.2. The minimum atomic E-state index is -0.134. The third-order valence-corrected chi connectivity index (χ3v) is 6.95. The highest BCUT2D eigenvalue weighted by molar-refractivity contribution is 6.01. The second-order valence-electron chi connectivity index (χ2n) is 9.20. The van der Waals surface area contributed by atoms with Gasteiger partial charge in [-0.25, -0.2) is 4.98 Å². The second-order valence-corrected chi connectivity index (χ2v) is 9.20. The van der Waals surface area contributed by atoms with Gasteiger partial charge in [0.05, 0.1) is 17.1 Å². The number of aliphatic imine (C=N–C) groups is 1. The molecule has 2 aromatic carbocycles. The Balaban J connectivity index is 1.34. The SMILES string of the molecule is NCC1CCC(C(=O)N[C@@H](Cc2ccccc2)C2=NC(c3nc4ccccc4[nH]3)=CC2)CC1. The maximum Gasteiger partial charge on any atom is 0.223 e. The summed E-state index contributed by atoms with van der Waals surface area (Å²) in [4.78, 5) is 26.2. The topological polar surface area (TPSA) is 96.2 Å². The van der Waals surface area contributed by atoms with Crippen molar-refractivity contribution in [2.45, 2.75) is 44.6 Å². The minimum absolute atomic E-state index is 0.0656. The Morgan fingerprint density at radius 1 is 1.06 bits per heavy atom. The van der Waals surface area contributed by atoms with Crippen LogP contribution in [0.25, 0.3) is 16.7 Å². The molecular formula is C27H31N5O. The Morgan fingerprint density at radius 3 is 2.58 bits per heavy atom. The first kappa shape index (κ1) is 21.6. The highest BCUT2D eigenvalue weighted by Gasteiger charge is 2.29. The number of rotatable bonds is 7. The van der Waals surface area contributed by atoms with Crippen molar-refractivity contribution in [2.75, 3.05) is 6.54 Å². The molecule has 0 saturated heterocycles. The van der Waals surface area contributed by atoms with Crippen molar-refractivity contribution < 1.29 is 4.79 Å². The summed E-state index contributed by atoms with van der Waals surface area (Å²) < 4.78 is 0. The minimum Gasteiger partial charge on any atom is -0.347 e. The highest BCUT2D eigenvalue weighted by atomic mass is 16.1. The zero-order valence-electron chi connectivity index (χ0n) is 18.8. The molecule has 2 heterocycles. The number of hydrogen-bond donors (Lipinski definition) is 3. The predicted molar refractivity (Wildman–Crippen MR) is 133 cm³/mol. The Bertz CT molecular complexity index is 1140. The molecule has 3 aromatic rings. The molecule has 0 bridgehead atoms. The summed E-state index contributed by atoms with van der Waals surface area (Å²) in [6, 6.07) is 18.2. The standard InChI is InChI=1S/C27H31N5O/c28-17-19-10-12-20(13-11-19)27(33)32-25(16-18-6-2-1-3-7-18)23-14-15-24(29-23)26-30-21-8-4-5-9-22(21)31-26/h1-9,15,19-20,25H,10-14,16-17,28H2,(H,30,31)(H,32,33)/t19?,20?,25-/m0/s1. The van der Waals surface area contributed by atoms with Crippen molar-refractivity contribution in [1.29, 1.82) is 0 Å². The number of carbonyl (C=O) groups is 1. The van der Waals surface area contributed by atoms with Crippen LogP contribution in [0.5, 0.6) is 0 Å². The van der Waals surface area contributed by atoms with Gasteiger partial charge in [-0.3, -0.25) is 9.79 Å². The summed E-state index contributed by atoms with van der Waals surface area (Å²) in [5.74, 6) is 1.54. The fourth-order valence-corrected chi connectivity index (χ4v) is 4.94. The molecule has 0 radical (unpaired) electrons.